The number of rotatable bonds is 6. The second-order valence-corrected chi connectivity index (χ2v) is 4.73. The van der Waals surface area contributed by atoms with Crippen LogP contribution in [0.4, 0.5) is 5.69 Å². The fourth-order valence-electron chi connectivity index (χ4n) is 1.64. The van der Waals surface area contributed by atoms with Crippen LogP contribution >= 0.6 is 11.6 Å². The summed E-state index contributed by atoms with van der Waals surface area (Å²) < 4.78 is 0. The monoisotopic (exact) mass is 315 g/mol. The Morgan fingerprint density at radius 3 is 2.67 bits per heavy atom. The Morgan fingerprint density at radius 1 is 1.57 bits per heavy atom. The third kappa shape index (κ3) is 4.12. The minimum Gasteiger partial charge on any atom is -0.480 e. The van der Waals surface area contributed by atoms with Gasteiger partial charge in [-0.05, 0) is 13.3 Å². The Labute approximate surface area is 125 Å². The van der Waals surface area contributed by atoms with Crippen LogP contribution in [0.3, 0.4) is 0 Å². The van der Waals surface area contributed by atoms with Gasteiger partial charge in [0.05, 0.1) is 10.5 Å². The van der Waals surface area contributed by atoms with Crippen molar-refractivity contribution < 1.29 is 19.6 Å². The van der Waals surface area contributed by atoms with Crippen molar-refractivity contribution in [3.05, 3.63) is 33.1 Å². The molecule has 1 rings (SSSR count). The van der Waals surface area contributed by atoms with Crippen molar-refractivity contribution in [3.8, 4) is 0 Å². The molecule has 1 heterocycles. The SMILES string of the molecule is CCC(C)N(CC(=O)O)C(=O)c1cc([N+](=O)[O-])cnc1Cl. The summed E-state index contributed by atoms with van der Waals surface area (Å²) in [6.07, 6.45) is 1.46. The Kier molecular flexibility index (Phi) is 5.60. The Hall–Kier alpha value is -2.22. The largest absolute Gasteiger partial charge is 0.480 e. The van der Waals surface area contributed by atoms with Gasteiger partial charge in [0.1, 0.15) is 17.9 Å². The standard InChI is InChI=1S/C12H14ClN3O5/c1-3-7(2)15(6-10(17)18)12(19)9-4-8(16(20)21)5-14-11(9)13/h4-5,7H,3,6H2,1-2H3,(H,17,18). The number of carbonyl (C=O) groups is 2. The highest BCUT2D eigenvalue weighted by Gasteiger charge is 2.26. The van der Waals surface area contributed by atoms with Crippen LogP contribution in [-0.2, 0) is 4.79 Å². The van der Waals surface area contributed by atoms with Gasteiger partial charge >= 0.3 is 5.97 Å². The van der Waals surface area contributed by atoms with E-state index in [1.165, 1.54) is 0 Å². The van der Waals surface area contributed by atoms with Gasteiger partial charge in [-0.2, -0.15) is 0 Å². The summed E-state index contributed by atoms with van der Waals surface area (Å²) >= 11 is 5.80. The molecule has 8 nitrogen and oxygen atoms in total. The lowest BCUT2D eigenvalue weighted by atomic mass is 10.1. The van der Waals surface area contributed by atoms with Crippen LogP contribution in [0.25, 0.3) is 0 Å². The number of nitro groups is 1. The highest BCUT2D eigenvalue weighted by Crippen LogP contribution is 2.22. The first-order chi connectivity index (χ1) is 9.77. The fourth-order valence-corrected chi connectivity index (χ4v) is 1.82. The first-order valence-electron chi connectivity index (χ1n) is 6.10. The molecule has 21 heavy (non-hydrogen) atoms. The molecule has 0 bridgehead atoms. The average Bonchev–Trinajstić information content (AvgIpc) is 2.43. The summed E-state index contributed by atoms with van der Waals surface area (Å²) in [5.74, 6) is -1.88. The third-order valence-corrected chi connectivity index (χ3v) is 3.26. The zero-order chi connectivity index (χ0) is 16.2. The lowest BCUT2D eigenvalue weighted by molar-refractivity contribution is -0.385. The normalized spacial score (nSPS) is 11.8. The van der Waals surface area contributed by atoms with Crippen molar-refractivity contribution in [1.29, 1.82) is 0 Å². The molecule has 0 aromatic carbocycles. The first-order valence-corrected chi connectivity index (χ1v) is 6.48. The molecule has 0 saturated heterocycles. The van der Waals surface area contributed by atoms with Crippen molar-refractivity contribution >= 4 is 29.2 Å². The number of aromatic nitrogens is 1. The van der Waals surface area contributed by atoms with Crippen LogP contribution in [-0.4, -0.2) is 44.4 Å². The van der Waals surface area contributed by atoms with Gasteiger partial charge in [0.25, 0.3) is 11.6 Å². The number of halogens is 1. The molecule has 114 valence electrons. The molecule has 1 unspecified atom stereocenters. The molecule has 1 amide bonds. The summed E-state index contributed by atoms with van der Waals surface area (Å²) in [6, 6.07) is 0.637. The highest BCUT2D eigenvalue weighted by atomic mass is 35.5. The molecule has 0 fully saturated rings. The molecule has 0 aliphatic rings. The molecule has 0 spiro atoms. The Bertz CT molecular complexity index is 578. The predicted molar refractivity (Wildman–Crippen MR) is 74.3 cm³/mol. The lowest BCUT2D eigenvalue weighted by Gasteiger charge is -2.27. The second kappa shape index (κ2) is 6.98. The van der Waals surface area contributed by atoms with E-state index < -0.39 is 23.3 Å². The zero-order valence-electron chi connectivity index (χ0n) is 11.4. The topological polar surface area (TPSA) is 114 Å². The van der Waals surface area contributed by atoms with Crippen LogP contribution in [0, 0.1) is 10.1 Å². The molecule has 1 aromatic heterocycles. The maximum atomic E-state index is 12.4. The van der Waals surface area contributed by atoms with Crippen molar-refractivity contribution in [2.24, 2.45) is 0 Å². The minimum atomic E-state index is -1.18. The van der Waals surface area contributed by atoms with Gasteiger partial charge in [-0.15, -0.1) is 0 Å². The van der Waals surface area contributed by atoms with Gasteiger partial charge in [0.15, 0.2) is 0 Å². The molecule has 0 saturated carbocycles. The van der Waals surface area contributed by atoms with E-state index in [0.29, 0.717) is 6.42 Å². The molecule has 1 N–H and O–H groups in total. The van der Waals surface area contributed by atoms with Gasteiger partial charge in [0.2, 0.25) is 0 Å². The van der Waals surface area contributed by atoms with E-state index in [1.807, 2.05) is 0 Å². The van der Waals surface area contributed by atoms with E-state index in [0.717, 1.165) is 17.2 Å². The minimum absolute atomic E-state index is 0.188. The Morgan fingerprint density at radius 2 is 2.19 bits per heavy atom. The van der Waals surface area contributed by atoms with Crippen LogP contribution < -0.4 is 0 Å². The smallest absolute Gasteiger partial charge is 0.323 e. The number of hydrogen-bond donors (Lipinski definition) is 1. The van der Waals surface area contributed by atoms with Gasteiger partial charge < -0.3 is 10.0 Å². The van der Waals surface area contributed by atoms with Crippen molar-refractivity contribution in [2.45, 2.75) is 26.3 Å². The maximum absolute atomic E-state index is 12.4. The molecule has 1 aromatic rings. The first kappa shape index (κ1) is 16.8. The number of carbonyl (C=O) groups excluding carboxylic acids is 1. The van der Waals surface area contributed by atoms with E-state index in [2.05, 4.69) is 4.98 Å². The lowest BCUT2D eigenvalue weighted by Crippen LogP contribution is -2.42. The summed E-state index contributed by atoms with van der Waals surface area (Å²) in [4.78, 5) is 38.0. The number of aliphatic carboxylic acids is 1. The predicted octanol–water partition coefficient (Wildman–Crippen LogP) is 1.97. The van der Waals surface area contributed by atoms with E-state index >= 15 is 0 Å². The molecular weight excluding hydrogens is 302 g/mol. The van der Waals surface area contributed by atoms with Crippen molar-refractivity contribution in [1.82, 2.24) is 9.88 Å². The van der Waals surface area contributed by atoms with Crippen molar-refractivity contribution in [2.75, 3.05) is 6.54 Å². The van der Waals surface area contributed by atoms with Crippen molar-refractivity contribution in [3.63, 3.8) is 0 Å². The summed E-state index contributed by atoms with van der Waals surface area (Å²) in [5.41, 5.74) is -0.574. The molecule has 0 radical (unpaired) electrons. The number of carboxylic acid groups (broad SMARTS) is 1. The van der Waals surface area contributed by atoms with E-state index in [1.54, 1.807) is 13.8 Å². The van der Waals surface area contributed by atoms with E-state index in [9.17, 15) is 19.7 Å². The number of nitrogens with zero attached hydrogens (tertiary/aromatic N) is 3. The molecule has 9 heteroatoms. The summed E-state index contributed by atoms with van der Waals surface area (Å²) in [5, 5.41) is 19.4. The highest BCUT2D eigenvalue weighted by molar-refractivity contribution is 6.32. The number of amides is 1. The molecular formula is C12H14ClN3O5. The zero-order valence-corrected chi connectivity index (χ0v) is 12.2. The number of pyridine rings is 1. The van der Waals surface area contributed by atoms with Gasteiger partial charge in [-0.1, -0.05) is 18.5 Å². The number of carboxylic acids is 1. The van der Waals surface area contributed by atoms with E-state index in [4.69, 9.17) is 16.7 Å². The molecule has 1 atom stereocenters. The van der Waals surface area contributed by atoms with Crippen LogP contribution in [0.15, 0.2) is 12.3 Å². The summed E-state index contributed by atoms with van der Waals surface area (Å²) in [7, 11) is 0. The number of hydrogen-bond acceptors (Lipinski definition) is 5. The summed E-state index contributed by atoms with van der Waals surface area (Å²) in [6.45, 7) is 2.95. The fraction of sp³-hybridized carbons (Fsp3) is 0.417. The second-order valence-electron chi connectivity index (χ2n) is 4.37. The van der Waals surface area contributed by atoms with Crippen LogP contribution in [0.5, 0.6) is 0 Å². The van der Waals surface area contributed by atoms with Gasteiger partial charge in [0, 0.05) is 12.1 Å². The third-order valence-electron chi connectivity index (χ3n) is 2.96. The Balaban J connectivity index is 3.22. The molecule has 0 aliphatic heterocycles. The quantitative estimate of drug-likeness (QED) is 0.487. The average molecular weight is 316 g/mol. The van der Waals surface area contributed by atoms with Crippen LogP contribution in [0.2, 0.25) is 5.15 Å². The van der Waals surface area contributed by atoms with Gasteiger partial charge in [-0.3, -0.25) is 19.7 Å². The van der Waals surface area contributed by atoms with Crippen LogP contribution in [0.1, 0.15) is 30.6 Å². The maximum Gasteiger partial charge on any atom is 0.323 e. The molecule has 0 aliphatic carbocycles. The van der Waals surface area contributed by atoms with Gasteiger partial charge in [-0.25, -0.2) is 4.98 Å². The van der Waals surface area contributed by atoms with E-state index in [-0.39, 0.29) is 22.4 Å².